The number of amides is 1. The van der Waals surface area contributed by atoms with Gasteiger partial charge in [0.05, 0.1) is 7.11 Å². The Balaban J connectivity index is 1.99. The van der Waals surface area contributed by atoms with Gasteiger partial charge in [-0.25, -0.2) is 4.79 Å². The average molecular weight is 292 g/mol. The smallest absolute Gasteiger partial charge is 0.328 e. The molecule has 114 valence electrons. The van der Waals surface area contributed by atoms with Crippen LogP contribution in [-0.4, -0.2) is 41.0 Å². The maximum absolute atomic E-state index is 12.3. The summed E-state index contributed by atoms with van der Waals surface area (Å²) >= 11 is 0. The number of carbonyl (C=O) groups is 2. The van der Waals surface area contributed by atoms with E-state index >= 15 is 0 Å². The fourth-order valence-corrected chi connectivity index (χ4v) is 2.62. The molecule has 0 N–H and O–H groups in total. The Morgan fingerprint density at radius 1 is 1.33 bits per heavy atom. The number of rotatable bonds is 4. The molecule has 0 aromatic carbocycles. The van der Waals surface area contributed by atoms with Crippen LogP contribution in [0.2, 0.25) is 0 Å². The van der Waals surface area contributed by atoms with Crippen molar-refractivity contribution >= 4 is 11.9 Å². The van der Waals surface area contributed by atoms with Crippen molar-refractivity contribution in [2.24, 2.45) is 0 Å². The molecule has 1 fully saturated rings. The molecule has 0 radical (unpaired) electrons. The molecule has 2 rings (SSSR count). The van der Waals surface area contributed by atoms with Crippen molar-refractivity contribution in [3.63, 3.8) is 0 Å². The molecule has 6 heteroatoms. The van der Waals surface area contributed by atoms with E-state index in [1.54, 1.807) is 23.2 Å². The third-order valence-electron chi connectivity index (χ3n) is 3.76. The van der Waals surface area contributed by atoms with Crippen molar-refractivity contribution in [2.45, 2.75) is 38.3 Å². The molecule has 1 atom stereocenters. The minimum absolute atomic E-state index is 0.110. The first-order chi connectivity index (χ1) is 10.1. The Bertz CT molecular complexity index is 567. The van der Waals surface area contributed by atoms with Crippen LogP contribution in [-0.2, 0) is 20.9 Å². The van der Waals surface area contributed by atoms with E-state index < -0.39 is 6.04 Å². The highest BCUT2D eigenvalue weighted by Crippen LogP contribution is 2.19. The van der Waals surface area contributed by atoms with E-state index in [1.165, 1.54) is 17.7 Å². The Morgan fingerprint density at radius 3 is 2.86 bits per heavy atom. The molecule has 1 aromatic heterocycles. The topological polar surface area (TPSA) is 68.6 Å². The van der Waals surface area contributed by atoms with Crippen LogP contribution in [0.5, 0.6) is 0 Å². The van der Waals surface area contributed by atoms with E-state index in [2.05, 4.69) is 0 Å². The Hall–Kier alpha value is -2.11. The summed E-state index contributed by atoms with van der Waals surface area (Å²) in [4.78, 5) is 37.2. The minimum Gasteiger partial charge on any atom is -0.467 e. The zero-order chi connectivity index (χ0) is 15.2. The van der Waals surface area contributed by atoms with Gasteiger partial charge in [0.25, 0.3) is 5.56 Å². The molecule has 1 amide bonds. The predicted octanol–water partition coefficient (Wildman–Crippen LogP) is 0.792. The van der Waals surface area contributed by atoms with Crippen LogP contribution in [0, 0.1) is 0 Å². The SMILES string of the molecule is COC(=O)C1CCCCN1C(=O)CCn1ccccc1=O. The minimum atomic E-state index is -0.483. The van der Waals surface area contributed by atoms with Crippen LogP contribution in [0.4, 0.5) is 0 Å². The fourth-order valence-electron chi connectivity index (χ4n) is 2.62. The second-order valence-electron chi connectivity index (χ2n) is 5.10. The summed E-state index contributed by atoms with van der Waals surface area (Å²) in [5.41, 5.74) is -0.131. The van der Waals surface area contributed by atoms with Crippen LogP contribution in [0.25, 0.3) is 0 Å². The summed E-state index contributed by atoms with van der Waals surface area (Å²) in [6.07, 6.45) is 4.32. The van der Waals surface area contributed by atoms with Crippen LogP contribution in [0.1, 0.15) is 25.7 Å². The summed E-state index contributed by atoms with van der Waals surface area (Å²) in [5.74, 6) is -0.471. The lowest BCUT2D eigenvalue weighted by Gasteiger charge is -2.33. The zero-order valence-electron chi connectivity index (χ0n) is 12.2. The molecule has 1 aliphatic rings. The molecule has 0 aliphatic carbocycles. The van der Waals surface area contributed by atoms with Crippen LogP contribution < -0.4 is 5.56 Å². The number of methoxy groups -OCH3 is 1. The number of aryl methyl sites for hydroxylation is 1. The van der Waals surface area contributed by atoms with Gasteiger partial charge in [0.2, 0.25) is 5.91 Å². The maximum Gasteiger partial charge on any atom is 0.328 e. The molecule has 0 saturated carbocycles. The highest BCUT2D eigenvalue weighted by molar-refractivity contribution is 5.84. The van der Waals surface area contributed by atoms with Crippen molar-refractivity contribution < 1.29 is 14.3 Å². The second kappa shape index (κ2) is 7.06. The van der Waals surface area contributed by atoms with Gasteiger partial charge in [-0.3, -0.25) is 9.59 Å². The van der Waals surface area contributed by atoms with Gasteiger partial charge < -0.3 is 14.2 Å². The van der Waals surface area contributed by atoms with Crippen molar-refractivity contribution in [3.8, 4) is 0 Å². The molecule has 0 bridgehead atoms. The predicted molar refractivity (Wildman–Crippen MR) is 76.7 cm³/mol. The van der Waals surface area contributed by atoms with Gasteiger partial charge in [0.15, 0.2) is 0 Å². The number of hydrogen-bond acceptors (Lipinski definition) is 4. The highest BCUT2D eigenvalue weighted by atomic mass is 16.5. The van der Waals surface area contributed by atoms with Gasteiger partial charge in [-0.15, -0.1) is 0 Å². The molecule has 2 heterocycles. The molecular formula is C15H20N2O4. The lowest BCUT2D eigenvalue weighted by Crippen LogP contribution is -2.48. The Kier molecular flexibility index (Phi) is 5.14. The largest absolute Gasteiger partial charge is 0.467 e. The molecule has 1 aliphatic heterocycles. The third-order valence-corrected chi connectivity index (χ3v) is 3.76. The van der Waals surface area contributed by atoms with Gasteiger partial charge in [-0.05, 0) is 25.3 Å². The number of likely N-dealkylation sites (tertiary alicyclic amines) is 1. The van der Waals surface area contributed by atoms with Crippen molar-refractivity contribution in [2.75, 3.05) is 13.7 Å². The zero-order valence-corrected chi connectivity index (χ0v) is 12.2. The van der Waals surface area contributed by atoms with E-state index in [1.807, 2.05) is 0 Å². The summed E-state index contributed by atoms with van der Waals surface area (Å²) in [7, 11) is 1.34. The number of nitrogens with zero attached hydrogens (tertiary/aromatic N) is 2. The fraction of sp³-hybridized carbons (Fsp3) is 0.533. The van der Waals surface area contributed by atoms with E-state index in [0.29, 0.717) is 19.5 Å². The molecule has 0 spiro atoms. The highest BCUT2D eigenvalue weighted by Gasteiger charge is 2.32. The van der Waals surface area contributed by atoms with E-state index in [4.69, 9.17) is 4.74 Å². The monoisotopic (exact) mass is 292 g/mol. The van der Waals surface area contributed by atoms with E-state index in [-0.39, 0.29) is 23.9 Å². The summed E-state index contributed by atoms with van der Waals surface area (Å²) in [6, 6.07) is 4.40. The standard InChI is InChI=1S/C15H20N2O4/c1-21-15(20)12-6-2-5-10-17(12)14(19)8-11-16-9-4-3-7-13(16)18/h3-4,7,9,12H,2,5-6,8,10-11H2,1H3. The Labute approximate surface area is 123 Å². The molecular weight excluding hydrogens is 272 g/mol. The Morgan fingerprint density at radius 2 is 2.14 bits per heavy atom. The quantitative estimate of drug-likeness (QED) is 0.770. The first-order valence-corrected chi connectivity index (χ1v) is 7.16. The van der Waals surface area contributed by atoms with Gasteiger partial charge in [-0.2, -0.15) is 0 Å². The van der Waals surface area contributed by atoms with Crippen molar-refractivity contribution in [3.05, 3.63) is 34.7 Å². The summed E-state index contributed by atoms with van der Waals surface area (Å²) in [5, 5.41) is 0. The molecule has 6 nitrogen and oxygen atoms in total. The first-order valence-electron chi connectivity index (χ1n) is 7.16. The van der Waals surface area contributed by atoms with E-state index in [9.17, 15) is 14.4 Å². The van der Waals surface area contributed by atoms with Gasteiger partial charge >= 0.3 is 5.97 Å². The first kappa shape index (κ1) is 15.3. The number of hydrogen-bond donors (Lipinski definition) is 0. The maximum atomic E-state index is 12.3. The number of esters is 1. The number of carbonyl (C=O) groups excluding carboxylic acids is 2. The van der Waals surface area contributed by atoms with Gasteiger partial charge in [0, 0.05) is 31.8 Å². The van der Waals surface area contributed by atoms with Crippen LogP contribution in [0.15, 0.2) is 29.2 Å². The van der Waals surface area contributed by atoms with Crippen molar-refractivity contribution in [1.82, 2.24) is 9.47 Å². The number of aromatic nitrogens is 1. The summed E-state index contributed by atoms with van der Waals surface area (Å²) in [6.45, 7) is 0.894. The lowest BCUT2D eigenvalue weighted by molar-refractivity contribution is -0.154. The third kappa shape index (κ3) is 3.71. The number of pyridine rings is 1. The van der Waals surface area contributed by atoms with Crippen LogP contribution in [0.3, 0.4) is 0 Å². The van der Waals surface area contributed by atoms with E-state index in [0.717, 1.165) is 12.8 Å². The molecule has 1 saturated heterocycles. The van der Waals surface area contributed by atoms with Gasteiger partial charge in [-0.1, -0.05) is 6.07 Å². The van der Waals surface area contributed by atoms with Crippen molar-refractivity contribution in [1.29, 1.82) is 0 Å². The number of ether oxygens (including phenoxy) is 1. The summed E-state index contributed by atoms with van der Waals surface area (Å²) < 4.78 is 6.26. The molecule has 1 aromatic rings. The second-order valence-corrected chi connectivity index (χ2v) is 5.10. The lowest BCUT2D eigenvalue weighted by atomic mass is 10.0. The normalized spacial score (nSPS) is 18.3. The molecule has 1 unspecified atom stereocenters. The average Bonchev–Trinajstić information content (AvgIpc) is 2.53. The molecule has 21 heavy (non-hydrogen) atoms. The van der Waals surface area contributed by atoms with Gasteiger partial charge in [0.1, 0.15) is 6.04 Å². The van der Waals surface area contributed by atoms with Crippen LogP contribution >= 0.6 is 0 Å². The number of piperidine rings is 1.